The average Bonchev–Trinajstić information content (AvgIpc) is 3.01. The highest BCUT2D eigenvalue weighted by atomic mass is 32.1. The first-order chi connectivity index (χ1) is 8.81. The third-order valence-corrected chi connectivity index (χ3v) is 3.81. The van der Waals surface area contributed by atoms with Gasteiger partial charge in [-0.2, -0.15) is 0 Å². The average molecular weight is 264 g/mol. The quantitative estimate of drug-likeness (QED) is 0.917. The molecule has 18 heavy (non-hydrogen) atoms. The van der Waals surface area contributed by atoms with Crippen LogP contribution in [0.5, 0.6) is 0 Å². The Bertz CT molecular complexity index is 496. The van der Waals surface area contributed by atoms with Crippen LogP contribution in [0, 0.1) is 6.92 Å². The lowest BCUT2D eigenvalue weighted by molar-refractivity contribution is -0.0365. The number of hydrogen-bond acceptors (Lipinski definition) is 5. The molecule has 5 nitrogen and oxygen atoms in total. The summed E-state index contributed by atoms with van der Waals surface area (Å²) >= 11 is 1.70. The number of aromatic nitrogens is 3. The lowest BCUT2D eigenvalue weighted by Crippen LogP contribution is -2.38. The van der Waals surface area contributed by atoms with Crippen molar-refractivity contribution in [1.82, 2.24) is 19.9 Å². The second-order valence-corrected chi connectivity index (χ2v) is 5.48. The lowest BCUT2D eigenvalue weighted by Gasteiger charge is -2.31. The first-order valence-electron chi connectivity index (χ1n) is 6.04. The molecule has 1 aliphatic rings. The van der Waals surface area contributed by atoms with Crippen molar-refractivity contribution in [3.63, 3.8) is 0 Å². The Labute approximate surface area is 110 Å². The van der Waals surface area contributed by atoms with Gasteiger partial charge in [-0.3, -0.25) is 9.88 Å². The molecule has 3 rings (SSSR count). The molecule has 0 aliphatic carbocycles. The predicted octanol–water partition coefficient (Wildman–Crippen LogP) is 1.75. The number of morpholine rings is 1. The van der Waals surface area contributed by atoms with E-state index in [-0.39, 0.29) is 6.10 Å². The van der Waals surface area contributed by atoms with Gasteiger partial charge in [0.25, 0.3) is 0 Å². The highest BCUT2D eigenvalue weighted by Gasteiger charge is 2.24. The summed E-state index contributed by atoms with van der Waals surface area (Å²) in [7, 11) is 0. The summed E-state index contributed by atoms with van der Waals surface area (Å²) in [5.41, 5.74) is 2.96. The van der Waals surface area contributed by atoms with E-state index in [1.807, 2.05) is 24.8 Å². The minimum Gasteiger partial charge on any atom is -0.368 e. The molecule has 2 aromatic rings. The van der Waals surface area contributed by atoms with Crippen LogP contribution in [0.25, 0.3) is 0 Å². The van der Waals surface area contributed by atoms with Crippen molar-refractivity contribution >= 4 is 11.3 Å². The number of aromatic amines is 1. The molecule has 0 unspecified atom stereocenters. The summed E-state index contributed by atoms with van der Waals surface area (Å²) in [6.07, 6.45) is 3.84. The number of ether oxygens (including phenoxy) is 1. The molecule has 0 radical (unpaired) electrons. The molecule has 0 saturated carbocycles. The Hall–Kier alpha value is -1.24. The molecule has 1 aliphatic heterocycles. The fourth-order valence-corrected chi connectivity index (χ4v) is 2.78. The standard InChI is InChI=1S/C12H16N4OS/c1-9-4-14-12(15-9)11-7-16(2-3-17-11)6-10-5-13-8-18-10/h4-5,8,11H,2-3,6-7H2,1H3,(H,14,15)/t11-/m0/s1. The van der Waals surface area contributed by atoms with E-state index in [0.717, 1.165) is 37.8 Å². The molecule has 3 heterocycles. The van der Waals surface area contributed by atoms with Crippen molar-refractivity contribution in [3.05, 3.63) is 34.3 Å². The predicted molar refractivity (Wildman–Crippen MR) is 69.4 cm³/mol. The van der Waals surface area contributed by atoms with Gasteiger partial charge in [0.2, 0.25) is 0 Å². The smallest absolute Gasteiger partial charge is 0.136 e. The molecule has 0 spiro atoms. The van der Waals surface area contributed by atoms with Crippen molar-refractivity contribution < 1.29 is 4.74 Å². The van der Waals surface area contributed by atoms with Gasteiger partial charge in [-0.15, -0.1) is 11.3 Å². The summed E-state index contributed by atoms with van der Waals surface area (Å²) in [4.78, 5) is 15.4. The van der Waals surface area contributed by atoms with Crippen molar-refractivity contribution in [1.29, 1.82) is 0 Å². The zero-order valence-electron chi connectivity index (χ0n) is 10.3. The van der Waals surface area contributed by atoms with Gasteiger partial charge in [0, 0.05) is 42.6 Å². The fourth-order valence-electron chi connectivity index (χ4n) is 2.15. The summed E-state index contributed by atoms with van der Waals surface area (Å²) in [5, 5.41) is 0. The summed E-state index contributed by atoms with van der Waals surface area (Å²) < 4.78 is 5.78. The Morgan fingerprint density at radius 3 is 3.22 bits per heavy atom. The van der Waals surface area contributed by atoms with E-state index in [4.69, 9.17) is 4.74 Å². The van der Waals surface area contributed by atoms with Crippen molar-refractivity contribution in [2.24, 2.45) is 0 Å². The molecular weight excluding hydrogens is 248 g/mol. The summed E-state index contributed by atoms with van der Waals surface area (Å²) in [6, 6.07) is 0. The van der Waals surface area contributed by atoms with Crippen LogP contribution in [0.15, 0.2) is 17.9 Å². The second-order valence-electron chi connectivity index (χ2n) is 4.51. The molecule has 1 fully saturated rings. The van der Waals surface area contributed by atoms with Gasteiger partial charge in [-0.05, 0) is 6.92 Å². The van der Waals surface area contributed by atoms with E-state index in [1.54, 1.807) is 11.3 Å². The minimum atomic E-state index is 0.0559. The molecule has 1 N–H and O–H groups in total. The Kier molecular flexibility index (Phi) is 3.40. The molecule has 0 bridgehead atoms. The second kappa shape index (κ2) is 5.17. The van der Waals surface area contributed by atoms with E-state index < -0.39 is 0 Å². The maximum Gasteiger partial charge on any atom is 0.136 e. The highest BCUT2D eigenvalue weighted by molar-refractivity contribution is 7.09. The molecule has 2 aromatic heterocycles. The SMILES string of the molecule is Cc1cnc([C@@H]2CN(Cc3cncs3)CCO2)[nH]1. The van der Waals surface area contributed by atoms with Crippen LogP contribution in [0.1, 0.15) is 22.5 Å². The number of nitrogens with one attached hydrogen (secondary N) is 1. The number of imidazole rings is 1. The van der Waals surface area contributed by atoms with Gasteiger partial charge >= 0.3 is 0 Å². The van der Waals surface area contributed by atoms with Crippen molar-refractivity contribution in [3.8, 4) is 0 Å². The fraction of sp³-hybridized carbons (Fsp3) is 0.500. The monoisotopic (exact) mass is 264 g/mol. The minimum absolute atomic E-state index is 0.0559. The number of aryl methyl sites for hydroxylation is 1. The first kappa shape index (κ1) is 11.8. The number of nitrogens with zero attached hydrogens (tertiary/aromatic N) is 3. The molecule has 96 valence electrons. The first-order valence-corrected chi connectivity index (χ1v) is 6.92. The van der Waals surface area contributed by atoms with E-state index in [1.165, 1.54) is 4.88 Å². The molecule has 0 aromatic carbocycles. The van der Waals surface area contributed by atoms with Crippen LogP contribution in [-0.4, -0.2) is 39.5 Å². The Morgan fingerprint density at radius 1 is 1.56 bits per heavy atom. The zero-order valence-corrected chi connectivity index (χ0v) is 11.1. The van der Waals surface area contributed by atoms with Crippen LogP contribution in [0.4, 0.5) is 0 Å². The van der Waals surface area contributed by atoms with Crippen LogP contribution in [0.3, 0.4) is 0 Å². The van der Waals surface area contributed by atoms with E-state index in [9.17, 15) is 0 Å². The topological polar surface area (TPSA) is 54.0 Å². The summed E-state index contributed by atoms with van der Waals surface area (Å²) in [6.45, 7) is 5.56. The number of thiazole rings is 1. The van der Waals surface area contributed by atoms with E-state index >= 15 is 0 Å². The molecule has 1 atom stereocenters. The third kappa shape index (κ3) is 2.60. The highest BCUT2D eigenvalue weighted by Crippen LogP contribution is 2.21. The van der Waals surface area contributed by atoms with Gasteiger partial charge in [0.15, 0.2) is 0 Å². The number of hydrogen-bond donors (Lipinski definition) is 1. The van der Waals surface area contributed by atoms with E-state index in [0.29, 0.717) is 0 Å². The van der Waals surface area contributed by atoms with Gasteiger partial charge in [0.1, 0.15) is 11.9 Å². The van der Waals surface area contributed by atoms with Crippen LogP contribution in [-0.2, 0) is 11.3 Å². The third-order valence-electron chi connectivity index (χ3n) is 3.04. The molecule has 1 saturated heterocycles. The maximum atomic E-state index is 5.78. The molecule has 0 amide bonds. The molecule has 6 heteroatoms. The van der Waals surface area contributed by atoms with Crippen molar-refractivity contribution in [2.45, 2.75) is 19.6 Å². The van der Waals surface area contributed by atoms with Crippen LogP contribution >= 0.6 is 11.3 Å². The van der Waals surface area contributed by atoms with Gasteiger partial charge in [-0.25, -0.2) is 4.98 Å². The summed E-state index contributed by atoms with van der Waals surface area (Å²) in [5.74, 6) is 0.932. The maximum absolute atomic E-state index is 5.78. The van der Waals surface area contributed by atoms with Crippen LogP contribution in [0.2, 0.25) is 0 Å². The zero-order chi connectivity index (χ0) is 12.4. The largest absolute Gasteiger partial charge is 0.368 e. The number of H-pyrrole nitrogens is 1. The van der Waals surface area contributed by atoms with Gasteiger partial charge in [-0.1, -0.05) is 0 Å². The van der Waals surface area contributed by atoms with Gasteiger partial charge in [0.05, 0.1) is 12.1 Å². The normalized spacial score (nSPS) is 21.3. The van der Waals surface area contributed by atoms with E-state index in [2.05, 4.69) is 19.9 Å². The lowest BCUT2D eigenvalue weighted by atomic mass is 10.2. The number of rotatable bonds is 3. The Balaban J connectivity index is 1.65. The van der Waals surface area contributed by atoms with Crippen molar-refractivity contribution in [2.75, 3.05) is 19.7 Å². The van der Waals surface area contributed by atoms with Crippen LogP contribution < -0.4 is 0 Å². The molecular formula is C12H16N4OS. The Morgan fingerprint density at radius 2 is 2.50 bits per heavy atom. The van der Waals surface area contributed by atoms with Gasteiger partial charge < -0.3 is 9.72 Å².